The van der Waals surface area contributed by atoms with Crippen LogP contribution in [0.25, 0.3) is 0 Å². The summed E-state index contributed by atoms with van der Waals surface area (Å²) in [6, 6.07) is 7.67. The minimum Gasteiger partial charge on any atom is -0.497 e. The largest absolute Gasteiger partial charge is 0.497 e. The van der Waals surface area contributed by atoms with Crippen LogP contribution in [0.1, 0.15) is 31.2 Å². The first-order chi connectivity index (χ1) is 11.8. The Morgan fingerprint density at radius 2 is 1.84 bits per heavy atom. The van der Waals surface area contributed by atoms with Crippen LogP contribution in [0.5, 0.6) is 5.75 Å². The van der Waals surface area contributed by atoms with Gasteiger partial charge in [0, 0.05) is 12.6 Å². The third-order valence-electron chi connectivity index (χ3n) is 4.88. The summed E-state index contributed by atoms with van der Waals surface area (Å²) in [5.74, 6) is 0.409. The number of carbonyl (C=O) groups is 1. The van der Waals surface area contributed by atoms with E-state index in [0.717, 1.165) is 24.2 Å². The molecule has 1 aliphatic carbocycles. The molecule has 0 bridgehead atoms. The lowest BCUT2D eigenvalue weighted by molar-refractivity contribution is -0.149. The topological polar surface area (TPSA) is 108 Å². The standard InChI is InChI=1S/C17H26N2O5S/c1-23-15-5-3-13(4-6-15)17(16(20)24-2)9-7-14(8-10-17)19-11-12-25(18,21)22/h3-6,14,19H,7-12H2,1-2H3,(H2,18,21,22). The SMILES string of the molecule is COC(=O)C1(c2ccc(OC)cc2)CCC(NCCS(N)(=O)=O)CC1. The predicted octanol–water partition coefficient (Wildman–Crippen LogP) is 0.927. The van der Waals surface area contributed by atoms with Crippen LogP contribution in [0.2, 0.25) is 0 Å². The summed E-state index contributed by atoms with van der Waals surface area (Å²) in [5, 5.41) is 8.22. The molecule has 0 amide bonds. The first-order valence-electron chi connectivity index (χ1n) is 8.27. The highest BCUT2D eigenvalue weighted by Crippen LogP contribution is 2.41. The Balaban J connectivity index is 2.06. The van der Waals surface area contributed by atoms with Crippen molar-refractivity contribution in [1.29, 1.82) is 0 Å². The Labute approximate surface area is 148 Å². The molecule has 3 N–H and O–H groups in total. The molecule has 140 valence electrons. The van der Waals surface area contributed by atoms with Gasteiger partial charge in [-0.3, -0.25) is 4.79 Å². The second kappa shape index (κ2) is 8.16. The number of carbonyl (C=O) groups excluding carboxylic acids is 1. The number of esters is 1. The van der Waals surface area contributed by atoms with E-state index in [-0.39, 0.29) is 17.8 Å². The van der Waals surface area contributed by atoms with Crippen molar-refractivity contribution in [3.05, 3.63) is 29.8 Å². The highest BCUT2D eigenvalue weighted by molar-refractivity contribution is 7.89. The Kier molecular flexibility index (Phi) is 6.42. The van der Waals surface area contributed by atoms with Crippen molar-refractivity contribution in [1.82, 2.24) is 5.32 Å². The zero-order valence-corrected chi connectivity index (χ0v) is 15.5. The summed E-state index contributed by atoms with van der Waals surface area (Å²) >= 11 is 0. The second-order valence-corrected chi connectivity index (χ2v) is 8.13. The van der Waals surface area contributed by atoms with Gasteiger partial charge in [-0.2, -0.15) is 0 Å². The molecular formula is C17H26N2O5S. The van der Waals surface area contributed by atoms with E-state index >= 15 is 0 Å². The van der Waals surface area contributed by atoms with Gasteiger partial charge in [-0.25, -0.2) is 13.6 Å². The number of nitrogens with one attached hydrogen (secondary N) is 1. The second-order valence-electron chi connectivity index (χ2n) is 6.40. The quantitative estimate of drug-likeness (QED) is 0.691. The number of ether oxygens (including phenoxy) is 2. The van der Waals surface area contributed by atoms with Crippen molar-refractivity contribution in [2.75, 3.05) is 26.5 Å². The van der Waals surface area contributed by atoms with Crippen LogP contribution in [0, 0.1) is 0 Å². The summed E-state index contributed by atoms with van der Waals surface area (Å²) in [4.78, 5) is 12.5. The van der Waals surface area contributed by atoms with Gasteiger partial charge in [-0.1, -0.05) is 12.1 Å². The molecule has 0 aliphatic heterocycles. The maximum atomic E-state index is 12.5. The van der Waals surface area contributed by atoms with E-state index in [0.29, 0.717) is 19.4 Å². The van der Waals surface area contributed by atoms with Gasteiger partial charge in [0.25, 0.3) is 0 Å². The van der Waals surface area contributed by atoms with Crippen LogP contribution in [-0.4, -0.2) is 46.9 Å². The fourth-order valence-corrected chi connectivity index (χ4v) is 3.84. The Morgan fingerprint density at radius 3 is 2.32 bits per heavy atom. The van der Waals surface area contributed by atoms with Gasteiger partial charge in [0.2, 0.25) is 10.0 Å². The number of methoxy groups -OCH3 is 2. The van der Waals surface area contributed by atoms with E-state index in [2.05, 4.69) is 5.32 Å². The van der Waals surface area contributed by atoms with Crippen LogP contribution in [-0.2, 0) is 25.0 Å². The molecule has 1 aliphatic rings. The summed E-state index contributed by atoms with van der Waals surface area (Å²) in [5.41, 5.74) is 0.252. The molecular weight excluding hydrogens is 344 g/mol. The van der Waals surface area contributed by atoms with Crippen molar-refractivity contribution in [2.24, 2.45) is 5.14 Å². The summed E-state index contributed by atoms with van der Waals surface area (Å²) < 4.78 is 32.3. The molecule has 0 radical (unpaired) electrons. The first kappa shape index (κ1) is 19.7. The molecule has 8 heteroatoms. The van der Waals surface area contributed by atoms with Crippen LogP contribution in [0.4, 0.5) is 0 Å². The minimum atomic E-state index is -3.46. The number of hydrogen-bond donors (Lipinski definition) is 2. The molecule has 0 heterocycles. The van der Waals surface area contributed by atoms with E-state index < -0.39 is 15.4 Å². The van der Waals surface area contributed by atoms with Crippen molar-refractivity contribution in [3.8, 4) is 5.75 Å². The summed E-state index contributed by atoms with van der Waals surface area (Å²) in [7, 11) is -0.456. The highest BCUT2D eigenvalue weighted by atomic mass is 32.2. The normalized spacial score (nSPS) is 23.9. The monoisotopic (exact) mass is 370 g/mol. The fraction of sp³-hybridized carbons (Fsp3) is 0.588. The zero-order valence-electron chi connectivity index (χ0n) is 14.7. The van der Waals surface area contributed by atoms with Gasteiger partial charge in [0.05, 0.1) is 25.4 Å². The maximum Gasteiger partial charge on any atom is 0.316 e. The van der Waals surface area contributed by atoms with Gasteiger partial charge in [-0.15, -0.1) is 0 Å². The lowest BCUT2D eigenvalue weighted by atomic mass is 9.68. The molecule has 0 atom stereocenters. The van der Waals surface area contributed by atoms with Crippen molar-refractivity contribution < 1.29 is 22.7 Å². The van der Waals surface area contributed by atoms with E-state index in [9.17, 15) is 13.2 Å². The van der Waals surface area contributed by atoms with Crippen molar-refractivity contribution in [2.45, 2.75) is 37.1 Å². The minimum absolute atomic E-state index is 0.0931. The number of rotatable bonds is 7. The molecule has 1 saturated carbocycles. The number of hydrogen-bond acceptors (Lipinski definition) is 6. The summed E-state index contributed by atoms with van der Waals surface area (Å²) in [6.07, 6.45) is 2.79. The third-order valence-corrected chi connectivity index (χ3v) is 5.65. The molecule has 1 fully saturated rings. The molecule has 2 rings (SSSR count). The summed E-state index contributed by atoms with van der Waals surface area (Å²) in [6.45, 7) is 0.317. The van der Waals surface area contributed by atoms with Crippen LogP contribution < -0.4 is 15.2 Å². The lowest BCUT2D eigenvalue weighted by Crippen LogP contribution is -2.45. The molecule has 0 aromatic heterocycles. The molecule has 0 unspecified atom stereocenters. The first-order valence-corrected chi connectivity index (χ1v) is 9.99. The molecule has 25 heavy (non-hydrogen) atoms. The maximum absolute atomic E-state index is 12.5. The lowest BCUT2D eigenvalue weighted by Gasteiger charge is -2.38. The van der Waals surface area contributed by atoms with Gasteiger partial charge >= 0.3 is 5.97 Å². The van der Waals surface area contributed by atoms with Gasteiger partial charge in [-0.05, 0) is 43.4 Å². The predicted molar refractivity (Wildman–Crippen MR) is 94.9 cm³/mol. The van der Waals surface area contributed by atoms with Crippen LogP contribution >= 0.6 is 0 Å². The molecule has 0 spiro atoms. The molecule has 1 aromatic carbocycles. The van der Waals surface area contributed by atoms with Gasteiger partial charge in [0.1, 0.15) is 5.75 Å². The van der Waals surface area contributed by atoms with E-state index in [1.165, 1.54) is 7.11 Å². The number of sulfonamides is 1. The van der Waals surface area contributed by atoms with Crippen LogP contribution in [0.15, 0.2) is 24.3 Å². The third kappa shape index (κ3) is 4.93. The number of benzene rings is 1. The fourth-order valence-electron chi connectivity index (χ4n) is 3.44. The number of primary sulfonamides is 1. The van der Waals surface area contributed by atoms with Crippen molar-refractivity contribution >= 4 is 16.0 Å². The number of nitrogens with two attached hydrogens (primary N) is 1. The van der Waals surface area contributed by atoms with E-state index in [4.69, 9.17) is 14.6 Å². The molecule has 1 aromatic rings. The van der Waals surface area contributed by atoms with E-state index in [1.807, 2.05) is 24.3 Å². The molecule has 7 nitrogen and oxygen atoms in total. The Hall–Kier alpha value is -1.64. The van der Waals surface area contributed by atoms with Gasteiger partial charge in [0.15, 0.2) is 0 Å². The van der Waals surface area contributed by atoms with Gasteiger partial charge < -0.3 is 14.8 Å². The van der Waals surface area contributed by atoms with Crippen molar-refractivity contribution in [3.63, 3.8) is 0 Å². The zero-order chi connectivity index (χ0) is 18.5. The average molecular weight is 370 g/mol. The molecule has 0 saturated heterocycles. The smallest absolute Gasteiger partial charge is 0.316 e. The Morgan fingerprint density at radius 1 is 1.24 bits per heavy atom. The van der Waals surface area contributed by atoms with E-state index in [1.54, 1.807) is 7.11 Å². The highest BCUT2D eigenvalue weighted by Gasteiger charge is 2.44. The van der Waals surface area contributed by atoms with Crippen LogP contribution in [0.3, 0.4) is 0 Å². The Bertz CT molecular complexity index is 679. The average Bonchev–Trinajstić information content (AvgIpc) is 2.61.